The standard InChI is InChI=1S/C8H7N3/c1-2-4-7(3-1)8-5-6-9-11-10-8/h1-7H. The van der Waals surface area contributed by atoms with E-state index in [-0.39, 0.29) is 0 Å². The van der Waals surface area contributed by atoms with Crippen LogP contribution in [0, 0.1) is 0 Å². The first-order valence-corrected chi connectivity index (χ1v) is 3.46. The second-order valence-electron chi connectivity index (χ2n) is 2.34. The van der Waals surface area contributed by atoms with Gasteiger partial charge in [-0.2, -0.15) is 0 Å². The highest BCUT2D eigenvalue weighted by Crippen LogP contribution is 2.19. The Kier molecular flexibility index (Phi) is 1.48. The number of aromatic nitrogens is 3. The summed E-state index contributed by atoms with van der Waals surface area (Å²) < 4.78 is 0. The average Bonchev–Trinajstić information content (AvgIpc) is 2.58. The van der Waals surface area contributed by atoms with Crippen LogP contribution in [0.3, 0.4) is 0 Å². The van der Waals surface area contributed by atoms with Gasteiger partial charge in [0.1, 0.15) is 0 Å². The van der Waals surface area contributed by atoms with Crippen molar-refractivity contribution in [1.82, 2.24) is 15.4 Å². The summed E-state index contributed by atoms with van der Waals surface area (Å²) in [7, 11) is 0. The molecule has 0 aliphatic heterocycles. The summed E-state index contributed by atoms with van der Waals surface area (Å²) in [5.41, 5.74) is 0.949. The lowest BCUT2D eigenvalue weighted by Crippen LogP contribution is -1.96. The molecule has 0 fully saturated rings. The Morgan fingerprint density at radius 1 is 1.18 bits per heavy atom. The zero-order chi connectivity index (χ0) is 7.52. The number of rotatable bonds is 1. The van der Waals surface area contributed by atoms with E-state index in [4.69, 9.17) is 0 Å². The van der Waals surface area contributed by atoms with Crippen molar-refractivity contribution in [3.05, 3.63) is 42.3 Å². The minimum absolute atomic E-state index is 0.297. The Hall–Kier alpha value is -1.51. The Labute approximate surface area is 64.5 Å². The van der Waals surface area contributed by atoms with Crippen LogP contribution in [-0.4, -0.2) is 15.4 Å². The van der Waals surface area contributed by atoms with Gasteiger partial charge in [0.25, 0.3) is 0 Å². The Balaban J connectivity index is 2.30. The fraction of sp³-hybridized carbons (Fsp3) is 0.125. The lowest BCUT2D eigenvalue weighted by Gasteiger charge is -1.99. The highest BCUT2D eigenvalue weighted by atomic mass is 15.3. The molecule has 2 rings (SSSR count). The highest BCUT2D eigenvalue weighted by Gasteiger charge is 2.07. The maximum atomic E-state index is 3.90. The van der Waals surface area contributed by atoms with Crippen molar-refractivity contribution in [3.8, 4) is 0 Å². The van der Waals surface area contributed by atoms with Crippen molar-refractivity contribution in [3.63, 3.8) is 0 Å². The molecule has 1 aliphatic carbocycles. The molecule has 0 atom stereocenters. The SMILES string of the molecule is C1=CC(c2ccnnn2)C=C1. The molecule has 0 saturated carbocycles. The van der Waals surface area contributed by atoms with Crippen LogP contribution in [-0.2, 0) is 0 Å². The van der Waals surface area contributed by atoms with E-state index in [1.54, 1.807) is 6.20 Å². The molecule has 0 N–H and O–H groups in total. The van der Waals surface area contributed by atoms with Crippen LogP contribution in [0.1, 0.15) is 11.6 Å². The number of hydrogen-bond donors (Lipinski definition) is 0. The topological polar surface area (TPSA) is 38.7 Å². The first-order chi connectivity index (χ1) is 5.47. The number of hydrogen-bond acceptors (Lipinski definition) is 3. The molecule has 54 valence electrons. The predicted octanol–water partition coefficient (Wildman–Crippen LogP) is 1.08. The molecule has 0 aromatic carbocycles. The molecular weight excluding hydrogens is 138 g/mol. The van der Waals surface area contributed by atoms with Crippen molar-refractivity contribution in [1.29, 1.82) is 0 Å². The van der Waals surface area contributed by atoms with E-state index in [1.165, 1.54) is 0 Å². The fourth-order valence-electron chi connectivity index (χ4n) is 1.06. The van der Waals surface area contributed by atoms with Crippen LogP contribution in [0.4, 0.5) is 0 Å². The van der Waals surface area contributed by atoms with Gasteiger partial charge in [0.05, 0.1) is 11.9 Å². The summed E-state index contributed by atoms with van der Waals surface area (Å²) in [6.07, 6.45) is 9.82. The Morgan fingerprint density at radius 3 is 2.64 bits per heavy atom. The molecule has 0 radical (unpaired) electrons. The largest absolute Gasteiger partial charge is 0.139 e. The molecule has 3 heteroatoms. The normalized spacial score (nSPS) is 16.0. The van der Waals surface area contributed by atoms with Crippen molar-refractivity contribution in [2.24, 2.45) is 0 Å². The van der Waals surface area contributed by atoms with Gasteiger partial charge in [-0.15, -0.1) is 10.2 Å². The Bertz CT molecular complexity index is 277. The lowest BCUT2D eigenvalue weighted by atomic mass is 10.1. The summed E-state index contributed by atoms with van der Waals surface area (Å²) in [5, 5.41) is 11.1. The van der Waals surface area contributed by atoms with Gasteiger partial charge in [-0.25, -0.2) is 0 Å². The van der Waals surface area contributed by atoms with Crippen LogP contribution in [0.2, 0.25) is 0 Å². The van der Waals surface area contributed by atoms with Gasteiger partial charge in [-0.3, -0.25) is 0 Å². The third-order valence-electron chi connectivity index (χ3n) is 1.61. The summed E-state index contributed by atoms with van der Waals surface area (Å²) in [6.45, 7) is 0. The van der Waals surface area contributed by atoms with Gasteiger partial charge in [-0.1, -0.05) is 24.3 Å². The van der Waals surface area contributed by atoms with Crippen LogP contribution in [0.5, 0.6) is 0 Å². The van der Waals surface area contributed by atoms with E-state index in [1.807, 2.05) is 18.2 Å². The van der Waals surface area contributed by atoms with Gasteiger partial charge >= 0.3 is 0 Å². The van der Waals surface area contributed by atoms with Gasteiger partial charge in [0.15, 0.2) is 0 Å². The third-order valence-corrected chi connectivity index (χ3v) is 1.61. The quantitative estimate of drug-likeness (QED) is 0.593. The highest BCUT2D eigenvalue weighted by molar-refractivity contribution is 5.29. The van der Waals surface area contributed by atoms with E-state index >= 15 is 0 Å². The van der Waals surface area contributed by atoms with E-state index < -0.39 is 0 Å². The second kappa shape index (κ2) is 2.62. The van der Waals surface area contributed by atoms with Crippen LogP contribution >= 0.6 is 0 Å². The van der Waals surface area contributed by atoms with E-state index in [0.717, 1.165) is 5.69 Å². The van der Waals surface area contributed by atoms with Crippen molar-refractivity contribution < 1.29 is 0 Å². The minimum atomic E-state index is 0.297. The molecule has 1 aromatic heterocycles. The summed E-state index contributed by atoms with van der Waals surface area (Å²) in [4.78, 5) is 0. The zero-order valence-corrected chi connectivity index (χ0v) is 5.88. The maximum absolute atomic E-state index is 3.90. The second-order valence-corrected chi connectivity index (χ2v) is 2.34. The monoisotopic (exact) mass is 145 g/mol. The van der Waals surface area contributed by atoms with Crippen LogP contribution in [0.15, 0.2) is 36.6 Å². The predicted molar refractivity (Wildman–Crippen MR) is 40.8 cm³/mol. The Morgan fingerprint density at radius 2 is 2.00 bits per heavy atom. The van der Waals surface area contributed by atoms with Gasteiger partial charge < -0.3 is 0 Å². The van der Waals surface area contributed by atoms with Crippen molar-refractivity contribution in [2.75, 3.05) is 0 Å². The van der Waals surface area contributed by atoms with Gasteiger partial charge in [0.2, 0.25) is 0 Å². The average molecular weight is 145 g/mol. The molecule has 3 nitrogen and oxygen atoms in total. The van der Waals surface area contributed by atoms with Gasteiger partial charge in [0, 0.05) is 5.92 Å². The van der Waals surface area contributed by atoms with Gasteiger partial charge in [-0.05, 0) is 11.3 Å². The molecule has 1 heterocycles. The smallest absolute Gasteiger partial charge is 0.0771 e. The first kappa shape index (κ1) is 6.22. The van der Waals surface area contributed by atoms with Crippen molar-refractivity contribution >= 4 is 0 Å². The molecule has 11 heavy (non-hydrogen) atoms. The molecule has 0 unspecified atom stereocenters. The van der Waals surface area contributed by atoms with E-state index in [0.29, 0.717) is 5.92 Å². The maximum Gasteiger partial charge on any atom is 0.0771 e. The molecule has 1 aromatic rings. The first-order valence-electron chi connectivity index (χ1n) is 3.46. The van der Waals surface area contributed by atoms with Crippen LogP contribution < -0.4 is 0 Å². The van der Waals surface area contributed by atoms with Crippen LogP contribution in [0.25, 0.3) is 0 Å². The zero-order valence-electron chi connectivity index (χ0n) is 5.88. The molecule has 0 amide bonds. The third kappa shape index (κ3) is 1.17. The lowest BCUT2D eigenvalue weighted by molar-refractivity contribution is 0.804. The molecule has 1 aliphatic rings. The summed E-state index contributed by atoms with van der Waals surface area (Å²) in [5.74, 6) is 0.297. The minimum Gasteiger partial charge on any atom is -0.139 e. The molecule has 0 bridgehead atoms. The molecular formula is C8H7N3. The number of nitrogens with zero attached hydrogens (tertiary/aromatic N) is 3. The van der Waals surface area contributed by atoms with E-state index in [9.17, 15) is 0 Å². The van der Waals surface area contributed by atoms with E-state index in [2.05, 4.69) is 27.6 Å². The summed E-state index contributed by atoms with van der Waals surface area (Å²) in [6, 6.07) is 1.87. The fourth-order valence-corrected chi connectivity index (χ4v) is 1.06. The molecule has 0 saturated heterocycles. The van der Waals surface area contributed by atoms with Crippen molar-refractivity contribution in [2.45, 2.75) is 5.92 Å². The number of allylic oxidation sites excluding steroid dienone is 4. The molecule has 0 spiro atoms. The summed E-state index contributed by atoms with van der Waals surface area (Å²) >= 11 is 0.